The van der Waals surface area contributed by atoms with Crippen LogP contribution in [0.4, 0.5) is 23.2 Å². The third kappa shape index (κ3) is 2.95. The molecule has 2 rings (SSSR count). The Morgan fingerprint density at radius 1 is 1.29 bits per heavy atom. The number of nitrogens with one attached hydrogen (secondary N) is 2. The van der Waals surface area contributed by atoms with Gasteiger partial charge in [-0.1, -0.05) is 23.2 Å². The van der Waals surface area contributed by atoms with Gasteiger partial charge in [0.25, 0.3) is 0 Å². The first-order chi connectivity index (χ1) is 9.67. The average molecular weight is 345 g/mol. The molecule has 0 aromatic heterocycles. The average Bonchev–Trinajstić information content (AvgIpc) is 2.83. The lowest BCUT2D eigenvalue weighted by Crippen LogP contribution is -2.49. The molecule has 2 N–H and O–H groups in total. The minimum atomic E-state index is -4.72. The minimum Gasteiger partial charge on any atom is -0.323 e. The summed E-state index contributed by atoms with van der Waals surface area (Å²) in [5.74, 6) is -2.02. The lowest BCUT2D eigenvalue weighted by molar-refractivity contribution is -0.213. The molecule has 0 spiro atoms. The van der Waals surface area contributed by atoms with Crippen LogP contribution in [-0.4, -0.2) is 25.2 Å². The lowest BCUT2D eigenvalue weighted by Gasteiger charge is -2.29. The summed E-state index contributed by atoms with van der Waals surface area (Å²) in [7, 11) is 0. The Morgan fingerprint density at radius 3 is 2.29 bits per heavy atom. The highest BCUT2D eigenvalue weighted by molar-refractivity contribution is 6.39. The molecule has 1 saturated heterocycles. The van der Waals surface area contributed by atoms with E-state index < -0.39 is 36.3 Å². The summed E-state index contributed by atoms with van der Waals surface area (Å²) in [5.41, 5.74) is -2.78. The second kappa shape index (κ2) is 5.62. The number of carbonyl (C=O) groups is 1. The summed E-state index contributed by atoms with van der Waals surface area (Å²) >= 11 is 11.4. The van der Waals surface area contributed by atoms with Crippen LogP contribution in [-0.2, 0) is 4.79 Å². The number of hydrogen-bond acceptors (Lipinski definition) is 2. The largest absolute Gasteiger partial charge is 0.404 e. The number of halogens is 6. The highest BCUT2D eigenvalue weighted by Crippen LogP contribution is 2.44. The Bertz CT molecular complexity index is 548. The molecule has 1 aliphatic rings. The van der Waals surface area contributed by atoms with Crippen LogP contribution in [0.5, 0.6) is 0 Å². The summed E-state index contributed by atoms with van der Waals surface area (Å²) < 4.78 is 52.7. The predicted octanol–water partition coefficient (Wildman–Crippen LogP) is 3.61. The van der Waals surface area contributed by atoms with E-state index in [1.165, 1.54) is 0 Å². The van der Waals surface area contributed by atoms with Crippen molar-refractivity contribution in [3.63, 3.8) is 0 Å². The Labute approximate surface area is 127 Å². The monoisotopic (exact) mass is 344 g/mol. The molecular weight excluding hydrogens is 335 g/mol. The number of anilines is 1. The molecule has 1 unspecified atom stereocenters. The van der Waals surface area contributed by atoms with Crippen LogP contribution in [0.3, 0.4) is 0 Å². The molecule has 1 heterocycles. The molecule has 1 amide bonds. The van der Waals surface area contributed by atoms with Crippen LogP contribution in [0.2, 0.25) is 10.0 Å². The predicted molar refractivity (Wildman–Crippen MR) is 71.0 cm³/mol. The first-order valence-electron chi connectivity index (χ1n) is 5.91. The Morgan fingerprint density at radius 2 is 1.86 bits per heavy atom. The van der Waals surface area contributed by atoms with E-state index in [4.69, 9.17) is 23.2 Å². The molecule has 1 aliphatic heterocycles. The number of hydrogen-bond donors (Lipinski definition) is 2. The maximum Gasteiger partial charge on any atom is 0.404 e. The fourth-order valence-electron chi connectivity index (χ4n) is 2.15. The molecule has 0 bridgehead atoms. The van der Waals surface area contributed by atoms with E-state index in [9.17, 15) is 22.4 Å². The van der Waals surface area contributed by atoms with Crippen molar-refractivity contribution in [3.8, 4) is 0 Å². The fourth-order valence-corrected chi connectivity index (χ4v) is 2.71. The zero-order valence-electron chi connectivity index (χ0n) is 10.5. The van der Waals surface area contributed by atoms with Crippen LogP contribution < -0.4 is 10.6 Å². The fraction of sp³-hybridized carbons (Fsp3) is 0.417. The molecule has 3 nitrogen and oxygen atoms in total. The molecule has 0 radical (unpaired) electrons. The summed E-state index contributed by atoms with van der Waals surface area (Å²) in [6, 6.07) is 1.71. The number of rotatable bonds is 2. The van der Waals surface area contributed by atoms with Gasteiger partial charge in [0.05, 0.1) is 15.7 Å². The van der Waals surface area contributed by atoms with Gasteiger partial charge < -0.3 is 10.6 Å². The van der Waals surface area contributed by atoms with E-state index in [0.717, 1.165) is 12.1 Å². The van der Waals surface area contributed by atoms with Gasteiger partial charge in [0.2, 0.25) is 5.91 Å². The van der Waals surface area contributed by atoms with Crippen LogP contribution in [0.15, 0.2) is 12.1 Å². The maximum absolute atomic E-state index is 13.2. The highest BCUT2D eigenvalue weighted by atomic mass is 35.5. The Hall–Kier alpha value is -1.05. The van der Waals surface area contributed by atoms with Crippen LogP contribution in [0, 0.1) is 11.2 Å². The van der Waals surface area contributed by atoms with Gasteiger partial charge in [-0.3, -0.25) is 4.79 Å². The normalized spacial score (nSPS) is 22.4. The van der Waals surface area contributed by atoms with Crippen molar-refractivity contribution in [1.29, 1.82) is 0 Å². The lowest BCUT2D eigenvalue weighted by atomic mass is 9.85. The van der Waals surface area contributed by atoms with Gasteiger partial charge in [-0.15, -0.1) is 0 Å². The topological polar surface area (TPSA) is 41.1 Å². The zero-order chi connectivity index (χ0) is 15.8. The second-order valence-electron chi connectivity index (χ2n) is 4.71. The van der Waals surface area contributed by atoms with Gasteiger partial charge in [0.15, 0.2) is 5.41 Å². The van der Waals surface area contributed by atoms with Crippen LogP contribution >= 0.6 is 23.2 Å². The maximum atomic E-state index is 13.2. The number of alkyl halides is 3. The van der Waals surface area contributed by atoms with Gasteiger partial charge in [-0.2, -0.15) is 13.2 Å². The van der Waals surface area contributed by atoms with Crippen LogP contribution in [0.1, 0.15) is 6.42 Å². The van der Waals surface area contributed by atoms with Crippen molar-refractivity contribution in [3.05, 3.63) is 28.0 Å². The highest BCUT2D eigenvalue weighted by Gasteiger charge is 2.61. The van der Waals surface area contributed by atoms with Crippen molar-refractivity contribution in [2.24, 2.45) is 5.41 Å². The van der Waals surface area contributed by atoms with Crippen molar-refractivity contribution >= 4 is 34.8 Å². The van der Waals surface area contributed by atoms with E-state index in [1.54, 1.807) is 0 Å². The third-order valence-electron chi connectivity index (χ3n) is 3.38. The van der Waals surface area contributed by atoms with Gasteiger partial charge in [0, 0.05) is 6.54 Å². The van der Waals surface area contributed by atoms with Gasteiger partial charge >= 0.3 is 6.18 Å². The third-order valence-corrected chi connectivity index (χ3v) is 3.97. The van der Waals surface area contributed by atoms with E-state index in [2.05, 4.69) is 10.6 Å². The minimum absolute atomic E-state index is 0.0673. The van der Waals surface area contributed by atoms with Crippen molar-refractivity contribution < 1.29 is 22.4 Å². The van der Waals surface area contributed by atoms with E-state index in [1.807, 2.05) is 0 Å². The zero-order valence-corrected chi connectivity index (χ0v) is 12.0. The smallest absolute Gasteiger partial charge is 0.323 e. The number of amides is 1. The molecular formula is C12H10Cl2F4N2O. The van der Waals surface area contributed by atoms with E-state index in [-0.39, 0.29) is 22.3 Å². The summed E-state index contributed by atoms with van der Waals surface area (Å²) in [6.45, 7) is -0.462. The van der Waals surface area contributed by atoms with Gasteiger partial charge in [0.1, 0.15) is 5.82 Å². The first kappa shape index (κ1) is 16.3. The molecule has 1 aromatic rings. The molecule has 21 heavy (non-hydrogen) atoms. The summed E-state index contributed by atoms with van der Waals surface area (Å²) in [6.07, 6.45) is -5.11. The molecule has 0 saturated carbocycles. The number of benzene rings is 1. The second-order valence-corrected chi connectivity index (χ2v) is 5.52. The van der Waals surface area contributed by atoms with Gasteiger partial charge in [-0.05, 0) is 25.1 Å². The van der Waals surface area contributed by atoms with E-state index >= 15 is 0 Å². The quantitative estimate of drug-likeness (QED) is 0.804. The summed E-state index contributed by atoms with van der Waals surface area (Å²) in [4.78, 5) is 12.1. The molecule has 1 atom stereocenters. The molecule has 9 heteroatoms. The first-order valence-corrected chi connectivity index (χ1v) is 6.66. The van der Waals surface area contributed by atoms with Gasteiger partial charge in [-0.25, -0.2) is 4.39 Å². The van der Waals surface area contributed by atoms with E-state index in [0.29, 0.717) is 0 Å². The van der Waals surface area contributed by atoms with Crippen LogP contribution in [0.25, 0.3) is 0 Å². The van der Waals surface area contributed by atoms with Crippen molar-refractivity contribution in [2.75, 3.05) is 18.4 Å². The van der Waals surface area contributed by atoms with Crippen molar-refractivity contribution in [1.82, 2.24) is 5.32 Å². The Kier molecular flexibility index (Phi) is 4.37. The number of carbonyl (C=O) groups excluding carboxylic acids is 1. The standard InChI is InChI=1S/C12H10Cl2F4N2O/c13-7-3-6(15)4-8(14)9(7)20-10(21)11(12(16,17)18)1-2-19-5-11/h3-4,19H,1-2,5H2,(H,20,21). The van der Waals surface area contributed by atoms with Crippen molar-refractivity contribution in [2.45, 2.75) is 12.6 Å². The molecule has 0 aliphatic carbocycles. The SMILES string of the molecule is O=C(Nc1c(Cl)cc(F)cc1Cl)C1(C(F)(F)F)CCNC1. The molecule has 1 fully saturated rings. The molecule has 1 aromatic carbocycles. The summed E-state index contributed by atoms with van der Waals surface area (Å²) in [5, 5.41) is 4.05. The molecule has 116 valence electrons. The Balaban J connectivity index is 2.33.